The van der Waals surface area contributed by atoms with Crippen molar-refractivity contribution in [1.29, 1.82) is 0 Å². The third-order valence-corrected chi connectivity index (χ3v) is 2.09. The van der Waals surface area contributed by atoms with Crippen molar-refractivity contribution in [3.8, 4) is 5.95 Å². The molecule has 2 heterocycles. The Balaban J connectivity index is 2.58. The SMILES string of the molecule is Cc1nccn1-c1nc(Br)nn1C. The van der Waals surface area contributed by atoms with Crippen LogP contribution in [-0.4, -0.2) is 24.3 Å². The van der Waals surface area contributed by atoms with E-state index in [1.807, 2.05) is 24.7 Å². The second-order valence-corrected chi connectivity index (χ2v) is 3.36. The van der Waals surface area contributed by atoms with E-state index in [2.05, 4.69) is 31.0 Å². The third kappa shape index (κ3) is 1.37. The standard InChI is InChI=1S/C7H8BrN5/c1-5-9-3-4-13(5)7-10-6(8)11-12(7)2/h3-4H,1-2H3. The van der Waals surface area contributed by atoms with Gasteiger partial charge in [-0.3, -0.25) is 4.57 Å². The van der Waals surface area contributed by atoms with Crippen LogP contribution in [0.4, 0.5) is 0 Å². The Kier molecular flexibility index (Phi) is 1.91. The van der Waals surface area contributed by atoms with Crippen LogP contribution in [0.5, 0.6) is 0 Å². The fraction of sp³-hybridized carbons (Fsp3) is 0.286. The van der Waals surface area contributed by atoms with E-state index in [4.69, 9.17) is 0 Å². The molecule has 2 rings (SSSR count). The van der Waals surface area contributed by atoms with Crippen molar-refractivity contribution in [3.63, 3.8) is 0 Å². The first-order valence-corrected chi connectivity index (χ1v) is 4.54. The molecule has 6 heteroatoms. The Bertz CT molecular complexity index is 430. The number of nitrogens with zero attached hydrogens (tertiary/aromatic N) is 5. The van der Waals surface area contributed by atoms with Crippen molar-refractivity contribution in [2.24, 2.45) is 7.05 Å². The number of halogens is 1. The van der Waals surface area contributed by atoms with Crippen LogP contribution in [0.15, 0.2) is 17.1 Å². The van der Waals surface area contributed by atoms with Crippen molar-refractivity contribution >= 4 is 15.9 Å². The van der Waals surface area contributed by atoms with E-state index >= 15 is 0 Å². The summed E-state index contributed by atoms with van der Waals surface area (Å²) in [6.07, 6.45) is 3.59. The van der Waals surface area contributed by atoms with Crippen LogP contribution in [0.2, 0.25) is 0 Å². The van der Waals surface area contributed by atoms with E-state index in [0.717, 1.165) is 11.8 Å². The Morgan fingerprint density at radius 2 is 2.23 bits per heavy atom. The maximum absolute atomic E-state index is 4.20. The van der Waals surface area contributed by atoms with Crippen LogP contribution >= 0.6 is 15.9 Å². The summed E-state index contributed by atoms with van der Waals surface area (Å²) in [5.41, 5.74) is 0. The summed E-state index contributed by atoms with van der Waals surface area (Å²) in [6.45, 7) is 1.92. The molecule has 0 spiro atoms. The molecular weight excluding hydrogens is 234 g/mol. The zero-order valence-corrected chi connectivity index (χ0v) is 8.85. The monoisotopic (exact) mass is 241 g/mol. The quantitative estimate of drug-likeness (QED) is 0.751. The van der Waals surface area contributed by atoms with E-state index in [1.165, 1.54) is 0 Å². The molecule has 0 amide bonds. The molecule has 0 saturated carbocycles. The van der Waals surface area contributed by atoms with E-state index < -0.39 is 0 Å². The van der Waals surface area contributed by atoms with Crippen molar-refractivity contribution in [1.82, 2.24) is 24.3 Å². The summed E-state index contributed by atoms with van der Waals surface area (Å²) in [4.78, 5) is 8.31. The highest BCUT2D eigenvalue weighted by atomic mass is 79.9. The van der Waals surface area contributed by atoms with Crippen LogP contribution in [-0.2, 0) is 7.05 Å². The minimum atomic E-state index is 0.582. The van der Waals surface area contributed by atoms with Crippen molar-refractivity contribution < 1.29 is 0 Å². The van der Waals surface area contributed by atoms with Crippen LogP contribution in [0.1, 0.15) is 5.82 Å². The zero-order valence-electron chi connectivity index (χ0n) is 7.27. The topological polar surface area (TPSA) is 48.5 Å². The lowest BCUT2D eigenvalue weighted by Crippen LogP contribution is -2.04. The van der Waals surface area contributed by atoms with Gasteiger partial charge in [-0.1, -0.05) is 0 Å². The highest BCUT2D eigenvalue weighted by molar-refractivity contribution is 9.10. The Hall–Kier alpha value is -1.17. The fourth-order valence-electron chi connectivity index (χ4n) is 1.14. The lowest BCUT2D eigenvalue weighted by molar-refractivity contribution is 0.712. The molecule has 2 aromatic heterocycles. The molecular formula is C7H8BrN5. The molecule has 0 N–H and O–H groups in total. The average molecular weight is 242 g/mol. The minimum absolute atomic E-state index is 0.582. The van der Waals surface area contributed by atoms with E-state index in [1.54, 1.807) is 10.9 Å². The predicted molar refractivity (Wildman–Crippen MR) is 50.6 cm³/mol. The van der Waals surface area contributed by atoms with Gasteiger partial charge in [-0.2, -0.15) is 4.98 Å². The van der Waals surface area contributed by atoms with Gasteiger partial charge >= 0.3 is 0 Å². The number of aromatic nitrogens is 5. The molecule has 0 fully saturated rings. The molecule has 0 aliphatic rings. The maximum atomic E-state index is 4.20. The first-order valence-electron chi connectivity index (χ1n) is 3.75. The van der Waals surface area contributed by atoms with Gasteiger partial charge < -0.3 is 0 Å². The second-order valence-electron chi connectivity index (χ2n) is 2.65. The lowest BCUT2D eigenvalue weighted by Gasteiger charge is -2.01. The third-order valence-electron chi connectivity index (χ3n) is 1.76. The van der Waals surface area contributed by atoms with E-state index in [-0.39, 0.29) is 0 Å². The molecule has 0 saturated heterocycles. The van der Waals surface area contributed by atoms with Crippen LogP contribution < -0.4 is 0 Å². The molecule has 5 nitrogen and oxygen atoms in total. The van der Waals surface area contributed by atoms with Crippen LogP contribution in [0, 0.1) is 6.92 Å². The normalized spacial score (nSPS) is 10.7. The first-order chi connectivity index (χ1) is 6.18. The minimum Gasteiger partial charge on any atom is -0.272 e. The van der Waals surface area contributed by atoms with Crippen LogP contribution in [0.3, 0.4) is 0 Å². The summed E-state index contributed by atoms with van der Waals surface area (Å²) >= 11 is 3.22. The Labute approximate surface area is 83.6 Å². The number of hydrogen-bond acceptors (Lipinski definition) is 3. The van der Waals surface area contributed by atoms with Gasteiger partial charge in [0, 0.05) is 19.4 Å². The number of hydrogen-bond donors (Lipinski definition) is 0. The Morgan fingerprint density at radius 1 is 1.46 bits per heavy atom. The molecule has 0 aliphatic heterocycles. The number of aryl methyl sites for hydroxylation is 2. The van der Waals surface area contributed by atoms with E-state index in [0.29, 0.717) is 4.73 Å². The van der Waals surface area contributed by atoms with E-state index in [9.17, 15) is 0 Å². The average Bonchev–Trinajstić information content (AvgIpc) is 2.58. The zero-order chi connectivity index (χ0) is 9.42. The highest BCUT2D eigenvalue weighted by Crippen LogP contribution is 2.09. The van der Waals surface area contributed by atoms with Crippen LogP contribution in [0.25, 0.3) is 5.95 Å². The van der Waals surface area contributed by atoms with Gasteiger partial charge in [0.25, 0.3) is 0 Å². The summed E-state index contributed by atoms with van der Waals surface area (Å²) in [5, 5.41) is 4.08. The van der Waals surface area contributed by atoms with Gasteiger partial charge in [0.15, 0.2) is 0 Å². The molecule has 0 atom stereocenters. The summed E-state index contributed by atoms with van der Waals surface area (Å²) in [6, 6.07) is 0. The lowest BCUT2D eigenvalue weighted by atomic mass is 10.7. The predicted octanol–water partition coefficient (Wildman–Crippen LogP) is 1.07. The fourth-order valence-corrected chi connectivity index (χ4v) is 1.54. The van der Waals surface area contributed by atoms with Crippen molar-refractivity contribution in [3.05, 3.63) is 23.0 Å². The first kappa shape index (κ1) is 8.43. The maximum Gasteiger partial charge on any atom is 0.234 e. The molecule has 13 heavy (non-hydrogen) atoms. The largest absolute Gasteiger partial charge is 0.272 e. The summed E-state index contributed by atoms with van der Waals surface area (Å²) in [7, 11) is 1.84. The van der Waals surface area contributed by atoms with Gasteiger partial charge in [0.1, 0.15) is 5.82 Å². The molecule has 0 aliphatic carbocycles. The van der Waals surface area contributed by atoms with Crippen molar-refractivity contribution in [2.75, 3.05) is 0 Å². The molecule has 2 aromatic rings. The van der Waals surface area contributed by atoms with Gasteiger partial charge in [-0.15, -0.1) is 5.10 Å². The van der Waals surface area contributed by atoms with Gasteiger partial charge in [0.05, 0.1) is 0 Å². The molecule has 0 aromatic carbocycles. The molecule has 0 bridgehead atoms. The molecule has 0 radical (unpaired) electrons. The highest BCUT2D eigenvalue weighted by Gasteiger charge is 2.08. The number of rotatable bonds is 1. The van der Waals surface area contributed by atoms with Crippen molar-refractivity contribution in [2.45, 2.75) is 6.92 Å². The summed E-state index contributed by atoms with van der Waals surface area (Å²) < 4.78 is 4.15. The van der Waals surface area contributed by atoms with Gasteiger partial charge in [0.2, 0.25) is 10.7 Å². The van der Waals surface area contributed by atoms with Gasteiger partial charge in [-0.25, -0.2) is 9.67 Å². The second kappa shape index (κ2) is 2.95. The molecule has 0 unspecified atom stereocenters. The Morgan fingerprint density at radius 3 is 2.69 bits per heavy atom. The summed E-state index contributed by atoms with van der Waals surface area (Å²) in [5.74, 6) is 1.64. The van der Waals surface area contributed by atoms with Gasteiger partial charge in [-0.05, 0) is 22.9 Å². The molecule has 68 valence electrons. The number of imidazole rings is 1. The smallest absolute Gasteiger partial charge is 0.234 e.